The van der Waals surface area contributed by atoms with Crippen LogP contribution in [0.5, 0.6) is 0 Å². The van der Waals surface area contributed by atoms with Gasteiger partial charge in [-0.05, 0) is 38.8 Å². The molecule has 2 rings (SSSR count). The highest BCUT2D eigenvalue weighted by molar-refractivity contribution is 5.95. The maximum atomic E-state index is 12.2. The van der Waals surface area contributed by atoms with Crippen molar-refractivity contribution in [3.8, 4) is 0 Å². The first-order chi connectivity index (χ1) is 7.58. The SMILES string of the molecule is Cc1cc(C(=O)N2CCCC2C)cc(N)n1. The average Bonchev–Trinajstić information content (AvgIpc) is 2.62. The highest BCUT2D eigenvalue weighted by atomic mass is 16.2. The summed E-state index contributed by atoms with van der Waals surface area (Å²) >= 11 is 0. The second-order valence-corrected chi connectivity index (χ2v) is 4.41. The second-order valence-electron chi connectivity index (χ2n) is 4.41. The minimum absolute atomic E-state index is 0.0715. The van der Waals surface area contributed by atoms with Gasteiger partial charge in [0.15, 0.2) is 0 Å². The average molecular weight is 219 g/mol. The summed E-state index contributed by atoms with van der Waals surface area (Å²) in [5.41, 5.74) is 7.09. The number of likely N-dealkylation sites (tertiary alicyclic amines) is 1. The van der Waals surface area contributed by atoms with E-state index >= 15 is 0 Å². The molecule has 0 spiro atoms. The van der Waals surface area contributed by atoms with Crippen molar-refractivity contribution >= 4 is 11.7 Å². The number of nitrogen functional groups attached to an aromatic ring is 1. The van der Waals surface area contributed by atoms with Gasteiger partial charge in [-0.15, -0.1) is 0 Å². The van der Waals surface area contributed by atoms with Crippen LogP contribution in [-0.4, -0.2) is 28.4 Å². The zero-order chi connectivity index (χ0) is 11.7. The minimum Gasteiger partial charge on any atom is -0.384 e. The molecule has 1 aliphatic rings. The van der Waals surface area contributed by atoms with E-state index in [9.17, 15) is 4.79 Å². The van der Waals surface area contributed by atoms with Gasteiger partial charge in [0, 0.05) is 23.8 Å². The van der Waals surface area contributed by atoms with Crippen molar-refractivity contribution in [3.05, 3.63) is 23.4 Å². The second kappa shape index (κ2) is 4.12. The van der Waals surface area contributed by atoms with E-state index in [0.717, 1.165) is 25.1 Å². The number of carbonyl (C=O) groups is 1. The molecule has 0 radical (unpaired) electrons. The topological polar surface area (TPSA) is 59.2 Å². The number of anilines is 1. The minimum atomic E-state index is 0.0715. The molecule has 0 bridgehead atoms. The molecule has 1 aromatic heterocycles. The summed E-state index contributed by atoms with van der Waals surface area (Å²) in [5, 5.41) is 0. The molecule has 4 nitrogen and oxygen atoms in total. The van der Waals surface area contributed by atoms with E-state index in [1.165, 1.54) is 0 Å². The largest absolute Gasteiger partial charge is 0.384 e. The van der Waals surface area contributed by atoms with Crippen LogP contribution in [0.15, 0.2) is 12.1 Å². The highest BCUT2D eigenvalue weighted by Crippen LogP contribution is 2.20. The molecule has 0 saturated carbocycles. The van der Waals surface area contributed by atoms with Gasteiger partial charge in [-0.1, -0.05) is 0 Å². The van der Waals surface area contributed by atoms with Crippen LogP contribution in [0.25, 0.3) is 0 Å². The summed E-state index contributed by atoms with van der Waals surface area (Å²) in [5.74, 6) is 0.484. The van der Waals surface area contributed by atoms with Gasteiger partial charge < -0.3 is 10.6 Å². The summed E-state index contributed by atoms with van der Waals surface area (Å²) in [6.07, 6.45) is 2.18. The van der Waals surface area contributed by atoms with E-state index in [-0.39, 0.29) is 5.91 Å². The molecule has 2 N–H and O–H groups in total. The van der Waals surface area contributed by atoms with Gasteiger partial charge >= 0.3 is 0 Å². The molecule has 0 aliphatic carbocycles. The molecule has 86 valence electrons. The third-order valence-corrected chi connectivity index (χ3v) is 3.03. The number of pyridine rings is 1. The predicted octanol–water partition coefficient (Wildman–Crippen LogP) is 1.60. The van der Waals surface area contributed by atoms with Crippen LogP contribution in [0.3, 0.4) is 0 Å². The van der Waals surface area contributed by atoms with Gasteiger partial charge in [0.05, 0.1) is 0 Å². The first-order valence-electron chi connectivity index (χ1n) is 5.63. The van der Waals surface area contributed by atoms with Crippen LogP contribution in [-0.2, 0) is 0 Å². The van der Waals surface area contributed by atoms with Crippen molar-refractivity contribution in [3.63, 3.8) is 0 Å². The summed E-state index contributed by atoms with van der Waals surface area (Å²) in [7, 11) is 0. The van der Waals surface area contributed by atoms with E-state index in [0.29, 0.717) is 17.4 Å². The Morgan fingerprint density at radius 2 is 2.31 bits per heavy atom. The Hall–Kier alpha value is -1.58. The van der Waals surface area contributed by atoms with Gasteiger partial charge in [-0.3, -0.25) is 4.79 Å². The fourth-order valence-corrected chi connectivity index (χ4v) is 2.22. The molecular weight excluding hydrogens is 202 g/mol. The van der Waals surface area contributed by atoms with Crippen LogP contribution in [0, 0.1) is 6.92 Å². The van der Waals surface area contributed by atoms with Crippen molar-refractivity contribution in [2.45, 2.75) is 32.7 Å². The normalized spacial score (nSPS) is 20.1. The Labute approximate surface area is 95.5 Å². The molecule has 0 aromatic carbocycles. The fraction of sp³-hybridized carbons (Fsp3) is 0.500. The Balaban J connectivity index is 2.26. The lowest BCUT2D eigenvalue weighted by atomic mass is 10.2. The quantitative estimate of drug-likeness (QED) is 0.780. The van der Waals surface area contributed by atoms with Crippen molar-refractivity contribution in [2.24, 2.45) is 0 Å². The summed E-state index contributed by atoms with van der Waals surface area (Å²) in [6, 6.07) is 3.78. The first kappa shape index (κ1) is 10.9. The lowest BCUT2D eigenvalue weighted by Crippen LogP contribution is -2.33. The molecule has 1 aromatic rings. The third kappa shape index (κ3) is 2.01. The number of carbonyl (C=O) groups excluding carboxylic acids is 1. The van der Waals surface area contributed by atoms with Crippen molar-refractivity contribution < 1.29 is 4.79 Å². The van der Waals surface area contributed by atoms with Crippen LogP contribution in [0.2, 0.25) is 0 Å². The number of nitrogens with two attached hydrogens (primary N) is 1. The third-order valence-electron chi connectivity index (χ3n) is 3.03. The molecule has 1 saturated heterocycles. The molecule has 2 heterocycles. The van der Waals surface area contributed by atoms with Crippen LogP contribution < -0.4 is 5.73 Å². The van der Waals surface area contributed by atoms with E-state index in [1.54, 1.807) is 12.1 Å². The Morgan fingerprint density at radius 3 is 2.88 bits per heavy atom. The zero-order valence-corrected chi connectivity index (χ0v) is 9.73. The van der Waals surface area contributed by atoms with Crippen LogP contribution in [0.4, 0.5) is 5.82 Å². The molecular formula is C12H17N3O. The van der Waals surface area contributed by atoms with E-state index in [2.05, 4.69) is 11.9 Å². The number of rotatable bonds is 1. The molecule has 16 heavy (non-hydrogen) atoms. The van der Waals surface area contributed by atoms with E-state index in [4.69, 9.17) is 5.73 Å². The summed E-state index contributed by atoms with van der Waals surface area (Å²) in [4.78, 5) is 18.2. The fourth-order valence-electron chi connectivity index (χ4n) is 2.22. The van der Waals surface area contributed by atoms with Crippen molar-refractivity contribution in [1.29, 1.82) is 0 Å². The number of amides is 1. The molecule has 1 atom stereocenters. The van der Waals surface area contributed by atoms with Gasteiger partial charge in [0.1, 0.15) is 5.82 Å². The Bertz CT molecular complexity index is 396. The maximum absolute atomic E-state index is 12.2. The maximum Gasteiger partial charge on any atom is 0.254 e. The number of aryl methyl sites for hydroxylation is 1. The standard InChI is InChI=1S/C12H17N3O/c1-8-6-10(7-11(13)14-8)12(16)15-5-3-4-9(15)2/h6-7,9H,3-5H2,1-2H3,(H2,13,14). The lowest BCUT2D eigenvalue weighted by molar-refractivity contribution is 0.0747. The van der Waals surface area contributed by atoms with E-state index < -0.39 is 0 Å². The Morgan fingerprint density at radius 1 is 1.56 bits per heavy atom. The number of nitrogens with zero attached hydrogens (tertiary/aromatic N) is 2. The number of hydrogen-bond donors (Lipinski definition) is 1. The molecule has 4 heteroatoms. The Kier molecular flexibility index (Phi) is 2.81. The molecule has 1 unspecified atom stereocenters. The molecule has 1 aliphatic heterocycles. The number of hydrogen-bond acceptors (Lipinski definition) is 3. The van der Waals surface area contributed by atoms with Gasteiger partial charge in [-0.2, -0.15) is 0 Å². The van der Waals surface area contributed by atoms with Crippen LogP contribution in [0.1, 0.15) is 35.8 Å². The van der Waals surface area contributed by atoms with Gasteiger partial charge in [0.25, 0.3) is 5.91 Å². The van der Waals surface area contributed by atoms with Crippen molar-refractivity contribution in [1.82, 2.24) is 9.88 Å². The van der Waals surface area contributed by atoms with Gasteiger partial charge in [0.2, 0.25) is 0 Å². The summed E-state index contributed by atoms with van der Waals surface area (Å²) < 4.78 is 0. The highest BCUT2D eigenvalue weighted by Gasteiger charge is 2.26. The van der Waals surface area contributed by atoms with Gasteiger partial charge in [-0.25, -0.2) is 4.98 Å². The molecule has 1 amide bonds. The summed E-state index contributed by atoms with van der Waals surface area (Å²) in [6.45, 7) is 4.78. The van der Waals surface area contributed by atoms with E-state index in [1.807, 2.05) is 11.8 Å². The van der Waals surface area contributed by atoms with Crippen LogP contribution >= 0.6 is 0 Å². The van der Waals surface area contributed by atoms with Crippen molar-refractivity contribution in [2.75, 3.05) is 12.3 Å². The zero-order valence-electron chi connectivity index (χ0n) is 9.73. The predicted molar refractivity (Wildman–Crippen MR) is 63.1 cm³/mol. The molecule has 1 fully saturated rings. The smallest absolute Gasteiger partial charge is 0.254 e. The monoisotopic (exact) mass is 219 g/mol. The lowest BCUT2D eigenvalue weighted by Gasteiger charge is -2.21. The number of aromatic nitrogens is 1. The first-order valence-corrected chi connectivity index (χ1v) is 5.63.